The van der Waals surface area contributed by atoms with Crippen LogP contribution in [0.1, 0.15) is 21.5 Å². The Labute approximate surface area is 179 Å². The van der Waals surface area contributed by atoms with Crippen LogP contribution in [-0.4, -0.2) is 51.2 Å². The summed E-state index contributed by atoms with van der Waals surface area (Å²) in [6, 6.07) is 9.27. The number of fused-ring (bicyclic) bond motifs is 2. The molecule has 2 aliphatic rings. The van der Waals surface area contributed by atoms with Crippen molar-refractivity contribution in [3.63, 3.8) is 0 Å². The highest BCUT2D eigenvalue weighted by atomic mass is 16.5. The molecule has 3 aromatic rings. The number of furan rings is 1. The van der Waals surface area contributed by atoms with Gasteiger partial charge in [0.15, 0.2) is 11.5 Å². The molecule has 1 aromatic heterocycles. The lowest BCUT2D eigenvalue weighted by Gasteiger charge is -2.27. The first-order valence-corrected chi connectivity index (χ1v) is 10.2. The Hall–Kier alpha value is -3.29. The van der Waals surface area contributed by atoms with Crippen LogP contribution in [-0.2, 0) is 11.3 Å². The topological polar surface area (TPSA) is 70.4 Å². The molecule has 160 valence electrons. The molecule has 3 heterocycles. The first-order chi connectivity index (χ1) is 15.2. The number of morpholine rings is 1. The molecule has 0 unspecified atom stereocenters. The maximum Gasteiger partial charge on any atom is 0.235 e. The summed E-state index contributed by atoms with van der Waals surface area (Å²) < 4.78 is 28.3. The summed E-state index contributed by atoms with van der Waals surface area (Å²) >= 11 is 0. The van der Waals surface area contributed by atoms with Crippen molar-refractivity contribution in [2.45, 2.75) is 6.54 Å². The first kappa shape index (κ1) is 19.7. The van der Waals surface area contributed by atoms with Crippen LogP contribution in [0.2, 0.25) is 0 Å². The number of rotatable bonds is 5. The zero-order valence-electron chi connectivity index (χ0n) is 17.5. The minimum absolute atomic E-state index is 0.200. The van der Waals surface area contributed by atoms with Gasteiger partial charge in [0.05, 0.1) is 44.6 Å². The van der Waals surface area contributed by atoms with E-state index in [1.54, 1.807) is 26.6 Å². The monoisotopic (exact) mass is 421 g/mol. The molecule has 2 aromatic carbocycles. The SMILES string of the molecule is COc1ccc(/C=C2/Oc3c(c(OC)c4ccoc4c3CN3CCOCC3)C2=O)cc1. The van der Waals surface area contributed by atoms with Crippen molar-refractivity contribution >= 4 is 22.8 Å². The fourth-order valence-corrected chi connectivity index (χ4v) is 4.10. The summed E-state index contributed by atoms with van der Waals surface area (Å²) in [5, 5.41) is 0.771. The number of Topliss-reactive ketones (excluding diaryl/α,β-unsaturated/α-hetero) is 1. The van der Waals surface area contributed by atoms with E-state index in [-0.39, 0.29) is 11.5 Å². The van der Waals surface area contributed by atoms with Crippen LogP contribution < -0.4 is 14.2 Å². The predicted molar refractivity (Wildman–Crippen MR) is 115 cm³/mol. The van der Waals surface area contributed by atoms with Gasteiger partial charge in [0.1, 0.15) is 22.6 Å². The quantitative estimate of drug-likeness (QED) is 0.579. The molecular weight excluding hydrogens is 398 g/mol. The molecule has 7 heteroatoms. The highest BCUT2D eigenvalue weighted by molar-refractivity contribution is 6.19. The molecule has 2 aliphatic heterocycles. The van der Waals surface area contributed by atoms with Crippen molar-refractivity contribution in [1.82, 2.24) is 4.90 Å². The number of carbonyl (C=O) groups excluding carboxylic acids is 1. The highest BCUT2D eigenvalue weighted by Gasteiger charge is 2.37. The van der Waals surface area contributed by atoms with Gasteiger partial charge in [-0.1, -0.05) is 12.1 Å². The number of hydrogen-bond acceptors (Lipinski definition) is 7. The lowest BCUT2D eigenvalue weighted by Crippen LogP contribution is -2.35. The third-order valence-corrected chi connectivity index (χ3v) is 5.68. The van der Waals surface area contributed by atoms with Gasteiger partial charge >= 0.3 is 0 Å². The van der Waals surface area contributed by atoms with E-state index in [1.807, 2.05) is 30.3 Å². The van der Waals surface area contributed by atoms with Crippen LogP contribution in [0.5, 0.6) is 17.2 Å². The Bertz CT molecular complexity index is 1160. The largest absolute Gasteiger partial charge is 0.497 e. The lowest BCUT2D eigenvalue weighted by atomic mass is 10.0. The average Bonchev–Trinajstić information content (AvgIpc) is 3.41. The van der Waals surface area contributed by atoms with Crippen LogP contribution in [0, 0.1) is 0 Å². The number of benzene rings is 2. The van der Waals surface area contributed by atoms with Gasteiger partial charge in [-0.2, -0.15) is 0 Å². The minimum Gasteiger partial charge on any atom is -0.497 e. The third-order valence-electron chi connectivity index (χ3n) is 5.68. The molecule has 0 aliphatic carbocycles. The second kappa shape index (κ2) is 8.09. The number of nitrogens with zero attached hydrogens (tertiary/aromatic N) is 1. The van der Waals surface area contributed by atoms with Gasteiger partial charge in [0.2, 0.25) is 5.78 Å². The molecule has 0 atom stereocenters. The number of allylic oxidation sites excluding steroid dienone is 1. The van der Waals surface area contributed by atoms with Crippen LogP contribution in [0.4, 0.5) is 0 Å². The zero-order valence-corrected chi connectivity index (χ0v) is 17.5. The molecule has 1 saturated heterocycles. The highest BCUT2D eigenvalue weighted by Crippen LogP contribution is 2.47. The van der Waals surface area contributed by atoms with Gasteiger partial charge < -0.3 is 23.4 Å². The molecule has 5 rings (SSSR count). The number of ketones is 1. The van der Waals surface area contributed by atoms with Crippen molar-refractivity contribution in [2.24, 2.45) is 0 Å². The Morgan fingerprint density at radius 1 is 1.06 bits per heavy atom. The fourth-order valence-electron chi connectivity index (χ4n) is 4.10. The van der Waals surface area contributed by atoms with Gasteiger partial charge in [0.25, 0.3) is 0 Å². The Morgan fingerprint density at radius 2 is 1.84 bits per heavy atom. The van der Waals surface area contributed by atoms with Gasteiger partial charge in [-0.15, -0.1) is 0 Å². The molecule has 0 radical (unpaired) electrons. The van der Waals surface area contributed by atoms with Crippen LogP contribution in [0.3, 0.4) is 0 Å². The smallest absolute Gasteiger partial charge is 0.235 e. The summed E-state index contributed by atoms with van der Waals surface area (Å²) in [5.41, 5.74) is 2.82. The predicted octanol–water partition coefficient (Wildman–Crippen LogP) is 3.90. The van der Waals surface area contributed by atoms with E-state index in [2.05, 4.69) is 4.90 Å². The van der Waals surface area contributed by atoms with Crippen molar-refractivity contribution < 1.29 is 28.2 Å². The summed E-state index contributed by atoms with van der Waals surface area (Å²) in [6.45, 7) is 3.59. The molecule has 7 nitrogen and oxygen atoms in total. The van der Waals surface area contributed by atoms with Crippen molar-refractivity contribution in [3.05, 3.63) is 59.0 Å². The molecule has 0 saturated carbocycles. The van der Waals surface area contributed by atoms with E-state index < -0.39 is 0 Å². The van der Waals surface area contributed by atoms with E-state index in [0.29, 0.717) is 42.4 Å². The van der Waals surface area contributed by atoms with Gasteiger partial charge in [-0.05, 0) is 29.8 Å². The second-order valence-corrected chi connectivity index (χ2v) is 7.48. The number of carbonyl (C=O) groups is 1. The first-order valence-electron chi connectivity index (χ1n) is 10.2. The number of methoxy groups -OCH3 is 2. The summed E-state index contributed by atoms with van der Waals surface area (Å²) in [4.78, 5) is 15.6. The standard InChI is InChI=1S/C24H23NO6/c1-27-16-5-3-15(4-6-16)13-19-21(26)20-23(28-2)17-7-10-30-22(17)18(24(20)31-19)14-25-8-11-29-12-9-25/h3-7,10,13H,8-9,11-12,14H2,1-2H3/b19-13+. The molecule has 31 heavy (non-hydrogen) atoms. The third kappa shape index (κ3) is 3.45. The van der Waals surface area contributed by atoms with Crippen LogP contribution in [0.15, 0.2) is 46.8 Å². The average molecular weight is 421 g/mol. The van der Waals surface area contributed by atoms with E-state index in [9.17, 15) is 4.79 Å². The molecule has 0 N–H and O–H groups in total. The summed E-state index contributed by atoms with van der Waals surface area (Å²) in [6.07, 6.45) is 3.35. The van der Waals surface area contributed by atoms with Gasteiger partial charge in [-0.25, -0.2) is 0 Å². The van der Waals surface area contributed by atoms with Gasteiger partial charge in [-0.3, -0.25) is 9.69 Å². The molecule has 0 bridgehead atoms. The number of hydrogen-bond donors (Lipinski definition) is 0. The molecule has 1 fully saturated rings. The number of ether oxygens (including phenoxy) is 4. The molecule has 0 spiro atoms. The van der Waals surface area contributed by atoms with Crippen molar-refractivity contribution in [3.8, 4) is 17.2 Å². The fraction of sp³-hybridized carbons (Fsp3) is 0.292. The molecule has 0 amide bonds. The zero-order chi connectivity index (χ0) is 21.4. The summed E-state index contributed by atoms with van der Waals surface area (Å²) in [7, 11) is 3.17. The van der Waals surface area contributed by atoms with Crippen molar-refractivity contribution in [2.75, 3.05) is 40.5 Å². The Morgan fingerprint density at radius 3 is 2.55 bits per heavy atom. The lowest BCUT2D eigenvalue weighted by molar-refractivity contribution is 0.0340. The molecular formula is C24H23NO6. The Balaban J connectivity index is 1.59. The minimum atomic E-state index is -0.200. The Kier molecular flexibility index (Phi) is 5.13. The van der Waals surface area contributed by atoms with E-state index in [0.717, 1.165) is 35.4 Å². The maximum absolute atomic E-state index is 13.4. The summed E-state index contributed by atoms with van der Waals surface area (Å²) in [5.74, 6) is 1.80. The van der Waals surface area contributed by atoms with E-state index in [1.165, 1.54) is 0 Å². The normalized spacial score (nSPS) is 17.7. The van der Waals surface area contributed by atoms with Crippen LogP contribution >= 0.6 is 0 Å². The van der Waals surface area contributed by atoms with Crippen molar-refractivity contribution in [1.29, 1.82) is 0 Å². The van der Waals surface area contributed by atoms with E-state index >= 15 is 0 Å². The van der Waals surface area contributed by atoms with Gasteiger partial charge in [0, 0.05) is 19.6 Å². The van der Waals surface area contributed by atoms with E-state index in [4.69, 9.17) is 23.4 Å². The maximum atomic E-state index is 13.4. The van der Waals surface area contributed by atoms with Crippen LogP contribution in [0.25, 0.3) is 17.0 Å². The second-order valence-electron chi connectivity index (χ2n) is 7.48.